The molecule has 0 aliphatic heterocycles. The molecule has 110 valence electrons. The number of nitrogens with zero attached hydrogens (tertiary/aromatic N) is 1. The number of thiophene rings is 1. The van der Waals surface area contributed by atoms with Crippen molar-refractivity contribution in [3.05, 3.63) is 21.9 Å². The fourth-order valence-electron chi connectivity index (χ4n) is 3.32. The topological polar surface area (TPSA) is 44.0 Å². The minimum atomic E-state index is -0.632. The summed E-state index contributed by atoms with van der Waals surface area (Å²) < 4.78 is 0. The summed E-state index contributed by atoms with van der Waals surface area (Å²) in [5.41, 5.74) is -0.287. The maximum atomic E-state index is 10.7. The molecule has 0 radical (unpaired) electrons. The van der Waals surface area contributed by atoms with Gasteiger partial charge in [0.2, 0.25) is 0 Å². The average Bonchev–Trinajstić information content (AvgIpc) is 2.83. The van der Waals surface area contributed by atoms with Crippen LogP contribution in [0.1, 0.15) is 62.3 Å². The van der Waals surface area contributed by atoms with Gasteiger partial charge in [0.1, 0.15) is 6.10 Å². The highest BCUT2D eigenvalue weighted by molar-refractivity contribution is 7.12. The van der Waals surface area contributed by atoms with Crippen LogP contribution in [0.3, 0.4) is 0 Å². The van der Waals surface area contributed by atoms with Gasteiger partial charge in [0.25, 0.3) is 0 Å². The van der Waals surface area contributed by atoms with Crippen LogP contribution < -0.4 is 0 Å². The van der Waals surface area contributed by atoms with E-state index >= 15 is 0 Å². The molecule has 1 unspecified atom stereocenters. The molecule has 0 spiro atoms. The average molecular weight is 291 g/mol. The zero-order chi connectivity index (χ0) is 15.0. The standard InChI is InChI=1S/C17H25NOS/c1-12-5-6-14(20-12)15(19)17(11-18)9-7-13(8-10-17)16(2,3)4/h5-6,13,15,19H,7-10H2,1-4H3. The summed E-state index contributed by atoms with van der Waals surface area (Å²) in [4.78, 5) is 2.13. The van der Waals surface area contributed by atoms with E-state index in [1.165, 1.54) is 4.88 Å². The minimum Gasteiger partial charge on any atom is -0.386 e. The van der Waals surface area contributed by atoms with Crippen LogP contribution in [0.5, 0.6) is 0 Å². The van der Waals surface area contributed by atoms with E-state index in [-0.39, 0.29) is 0 Å². The Morgan fingerprint density at radius 1 is 1.35 bits per heavy atom. The van der Waals surface area contributed by atoms with Crippen molar-refractivity contribution < 1.29 is 5.11 Å². The van der Waals surface area contributed by atoms with Gasteiger partial charge in [-0.2, -0.15) is 5.26 Å². The molecule has 2 rings (SSSR count). The van der Waals surface area contributed by atoms with Crippen molar-refractivity contribution in [3.8, 4) is 6.07 Å². The Bertz CT molecular complexity index is 498. The molecule has 1 aromatic heterocycles. The summed E-state index contributed by atoms with van der Waals surface area (Å²) in [5.74, 6) is 0.654. The Hall–Kier alpha value is -0.850. The zero-order valence-electron chi connectivity index (χ0n) is 12.9. The van der Waals surface area contributed by atoms with Crippen molar-refractivity contribution in [1.29, 1.82) is 5.26 Å². The zero-order valence-corrected chi connectivity index (χ0v) is 13.8. The molecule has 1 aliphatic carbocycles. The molecule has 1 saturated carbocycles. The van der Waals surface area contributed by atoms with Gasteiger partial charge < -0.3 is 5.11 Å². The molecular formula is C17H25NOS. The van der Waals surface area contributed by atoms with E-state index in [4.69, 9.17) is 0 Å². The van der Waals surface area contributed by atoms with Gasteiger partial charge >= 0.3 is 0 Å². The first-order valence-electron chi connectivity index (χ1n) is 7.44. The summed E-state index contributed by atoms with van der Waals surface area (Å²) in [5, 5.41) is 20.3. The summed E-state index contributed by atoms with van der Waals surface area (Å²) >= 11 is 1.61. The normalized spacial score (nSPS) is 28.9. The third kappa shape index (κ3) is 2.92. The predicted molar refractivity (Wildman–Crippen MR) is 83.5 cm³/mol. The fourth-order valence-corrected chi connectivity index (χ4v) is 4.30. The van der Waals surface area contributed by atoms with Crippen LogP contribution in [-0.4, -0.2) is 5.11 Å². The Balaban J connectivity index is 2.15. The molecule has 20 heavy (non-hydrogen) atoms. The predicted octanol–water partition coefficient (Wildman–Crippen LogP) is 4.84. The molecule has 0 aromatic carbocycles. The number of rotatable bonds is 2. The van der Waals surface area contributed by atoms with Gasteiger partial charge in [-0.3, -0.25) is 0 Å². The van der Waals surface area contributed by atoms with Crippen molar-refractivity contribution in [2.75, 3.05) is 0 Å². The van der Waals surface area contributed by atoms with Gasteiger partial charge in [0, 0.05) is 9.75 Å². The number of aliphatic hydroxyl groups is 1. The number of aliphatic hydroxyl groups excluding tert-OH is 1. The van der Waals surface area contributed by atoms with E-state index in [1.54, 1.807) is 11.3 Å². The van der Waals surface area contributed by atoms with E-state index in [0.29, 0.717) is 11.3 Å². The van der Waals surface area contributed by atoms with E-state index in [1.807, 2.05) is 19.1 Å². The van der Waals surface area contributed by atoms with Crippen molar-refractivity contribution in [1.82, 2.24) is 0 Å². The first kappa shape index (κ1) is 15.5. The van der Waals surface area contributed by atoms with Crippen LogP contribution in [0.25, 0.3) is 0 Å². The molecule has 1 N–H and O–H groups in total. The lowest BCUT2D eigenvalue weighted by atomic mass is 9.62. The highest BCUT2D eigenvalue weighted by Gasteiger charge is 2.44. The van der Waals surface area contributed by atoms with E-state index in [9.17, 15) is 10.4 Å². The second kappa shape index (κ2) is 5.50. The van der Waals surface area contributed by atoms with E-state index < -0.39 is 11.5 Å². The maximum absolute atomic E-state index is 10.7. The number of hydrogen-bond acceptors (Lipinski definition) is 3. The van der Waals surface area contributed by atoms with Crippen molar-refractivity contribution in [3.63, 3.8) is 0 Å². The second-order valence-corrected chi connectivity index (χ2v) is 8.58. The smallest absolute Gasteiger partial charge is 0.107 e. The lowest BCUT2D eigenvalue weighted by Crippen LogP contribution is -2.35. The molecule has 3 heteroatoms. The van der Waals surface area contributed by atoms with Crippen LogP contribution in [0.4, 0.5) is 0 Å². The van der Waals surface area contributed by atoms with Gasteiger partial charge in [-0.15, -0.1) is 11.3 Å². The fraction of sp³-hybridized carbons (Fsp3) is 0.706. The summed E-state index contributed by atoms with van der Waals surface area (Å²) in [6, 6.07) is 6.45. The molecule has 1 heterocycles. The van der Waals surface area contributed by atoms with Crippen molar-refractivity contribution in [2.45, 2.75) is 59.5 Å². The highest BCUT2D eigenvalue weighted by Crippen LogP contribution is 2.51. The Morgan fingerprint density at radius 2 is 1.95 bits per heavy atom. The lowest BCUT2D eigenvalue weighted by Gasteiger charge is -2.42. The first-order chi connectivity index (χ1) is 9.28. The van der Waals surface area contributed by atoms with Gasteiger partial charge in [-0.05, 0) is 56.1 Å². The Labute approximate surface area is 126 Å². The molecule has 2 nitrogen and oxygen atoms in total. The summed E-state index contributed by atoms with van der Waals surface area (Å²) in [6.07, 6.45) is 3.07. The number of hydrogen-bond donors (Lipinski definition) is 1. The van der Waals surface area contributed by atoms with Gasteiger partial charge in [-0.25, -0.2) is 0 Å². The third-order valence-electron chi connectivity index (χ3n) is 4.88. The monoisotopic (exact) mass is 291 g/mol. The quantitative estimate of drug-likeness (QED) is 0.847. The number of aryl methyl sites for hydroxylation is 1. The van der Waals surface area contributed by atoms with Crippen LogP contribution in [0.15, 0.2) is 12.1 Å². The Morgan fingerprint density at radius 3 is 2.35 bits per heavy atom. The van der Waals surface area contributed by atoms with Gasteiger partial charge in [-0.1, -0.05) is 20.8 Å². The summed E-state index contributed by atoms with van der Waals surface area (Å²) in [7, 11) is 0. The lowest BCUT2D eigenvalue weighted by molar-refractivity contribution is 0.0105. The second-order valence-electron chi connectivity index (χ2n) is 7.26. The molecular weight excluding hydrogens is 266 g/mol. The highest BCUT2D eigenvalue weighted by atomic mass is 32.1. The molecule has 0 amide bonds. The SMILES string of the molecule is Cc1ccc(C(O)C2(C#N)CCC(C(C)(C)C)CC2)s1. The molecule has 0 bridgehead atoms. The first-order valence-corrected chi connectivity index (χ1v) is 8.26. The summed E-state index contributed by atoms with van der Waals surface area (Å²) in [6.45, 7) is 8.86. The van der Waals surface area contributed by atoms with Gasteiger partial charge in [0.05, 0.1) is 11.5 Å². The van der Waals surface area contributed by atoms with Crippen LogP contribution in [0, 0.1) is 35.0 Å². The molecule has 0 saturated heterocycles. The maximum Gasteiger partial charge on any atom is 0.107 e. The molecule has 1 atom stereocenters. The molecule has 1 aliphatic rings. The minimum absolute atomic E-state index is 0.298. The number of nitriles is 1. The molecule has 1 aromatic rings. The third-order valence-corrected chi connectivity index (χ3v) is 5.93. The Kier molecular flexibility index (Phi) is 4.27. The largest absolute Gasteiger partial charge is 0.386 e. The van der Waals surface area contributed by atoms with Crippen LogP contribution in [0.2, 0.25) is 0 Å². The van der Waals surface area contributed by atoms with E-state index in [2.05, 4.69) is 26.8 Å². The van der Waals surface area contributed by atoms with Crippen molar-refractivity contribution in [2.24, 2.45) is 16.7 Å². The molecule has 1 fully saturated rings. The van der Waals surface area contributed by atoms with Crippen molar-refractivity contribution >= 4 is 11.3 Å². The van der Waals surface area contributed by atoms with Crippen LogP contribution in [-0.2, 0) is 0 Å². The van der Waals surface area contributed by atoms with Gasteiger partial charge in [0.15, 0.2) is 0 Å². The van der Waals surface area contributed by atoms with Crippen LogP contribution >= 0.6 is 11.3 Å². The van der Waals surface area contributed by atoms with E-state index in [0.717, 1.165) is 30.6 Å².